The number of methoxy groups -OCH3 is 1. The van der Waals surface area contributed by atoms with Crippen molar-refractivity contribution >= 4 is 82.3 Å². The van der Waals surface area contributed by atoms with Crippen LogP contribution in [0.4, 0.5) is 43.9 Å². The van der Waals surface area contributed by atoms with E-state index in [2.05, 4.69) is 56.8 Å². The van der Waals surface area contributed by atoms with Crippen LogP contribution in [0.5, 0.6) is 11.5 Å². The molecule has 0 spiro atoms. The van der Waals surface area contributed by atoms with E-state index in [4.69, 9.17) is 30.0 Å². The summed E-state index contributed by atoms with van der Waals surface area (Å²) in [7, 11) is 1.33. The highest BCUT2D eigenvalue weighted by Crippen LogP contribution is 2.46. The highest BCUT2D eigenvalue weighted by atomic mass is 79.9. The second kappa shape index (κ2) is 37.3. The minimum atomic E-state index is -5.18. The van der Waals surface area contributed by atoms with Crippen LogP contribution in [0, 0.1) is 23.3 Å². The Morgan fingerprint density at radius 3 is 1.30 bits per heavy atom. The van der Waals surface area contributed by atoms with Gasteiger partial charge in [-0.3, -0.25) is 23.2 Å². The number of benzene rings is 5. The van der Waals surface area contributed by atoms with Crippen molar-refractivity contribution in [2.24, 2.45) is 5.73 Å². The molecule has 13 heterocycles. The lowest BCUT2D eigenvalue weighted by Crippen LogP contribution is -2.49. The number of ketones is 3. The molecular weight excluding hydrogens is 1760 g/mol. The quantitative estimate of drug-likeness (QED) is 0.0353. The van der Waals surface area contributed by atoms with Crippen LogP contribution in [0.3, 0.4) is 0 Å². The number of ether oxygens (including phenoxy) is 3. The Labute approximate surface area is 716 Å². The fourth-order valence-electron chi connectivity index (χ4n) is 13.3. The zero-order valence-corrected chi connectivity index (χ0v) is 69.1. The van der Waals surface area contributed by atoms with Crippen LogP contribution in [0.1, 0.15) is 82.7 Å². The number of alkyl halides is 6. The molecule has 0 aliphatic carbocycles. The summed E-state index contributed by atoms with van der Waals surface area (Å²) in [5, 5.41) is 30.1. The first kappa shape index (κ1) is 88.7. The van der Waals surface area contributed by atoms with E-state index >= 15 is 0 Å². The van der Waals surface area contributed by atoms with E-state index in [0.29, 0.717) is 45.2 Å². The third kappa shape index (κ3) is 18.9. The van der Waals surface area contributed by atoms with Crippen LogP contribution in [0.25, 0.3) is 78.1 Å². The highest BCUT2D eigenvalue weighted by molar-refractivity contribution is 9.10. The first-order valence-electron chi connectivity index (χ1n) is 37.8. The summed E-state index contributed by atoms with van der Waals surface area (Å²) in [6, 6.07) is 59.4. The lowest BCUT2D eigenvalue weighted by molar-refractivity contribution is -0.272. The number of Topliss-reactive ketones (excluding diaryl/α,β-unsaturated/α-hetero) is 3. The number of rotatable bonds is 18. The van der Waals surface area contributed by atoms with Gasteiger partial charge in [0.05, 0.1) is 76.2 Å². The van der Waals surface area contributed by atoms with Gasteiger partial charge >= 0.3 is 12.4 Å². The number of pyridine rings is 6. The van der Waals surface area contributed by atoms with Crippen molar-refractivity contribution in [1.29, 1.82) is 0 Å². The lowest BCUT2D eigenvalue weighted by atomic mass is 9.92. The van der Waals surface area contributed by atoms with Gasteiger partial charge in [-0.15, -0.1) is 0 Å². The van der Waals surface area contributed by atoms with E-state index in [0.717, 1.165) is 70.2 Å². The van der Waals surface area contributed by atoms with Crippen LogP contribution in [-0.2, 0) is 21.5 Å². The number of hydrogen-bond acceptors (Lipinski definition) is 16. The van der Waals surface area contributed by atoms with E-state index in [1.54, 1.807) is 63.8 Å². The largest absolute Gasteiger partial charge is 0.493 e. The number of hydrogen-bond donors (Lipinski definition) is 4. The van der Waals surface area contributed by atoms with Crippen molar-refractivity contribution in [3.8, 4) is 56.5 Å². The molecule has 1 aliphatic rings. The number of nitrogens with two attached hydrogens (primary N) is 1. The highest BCUT2D eigenvalue weighted by Gasteiger charge is 2.59. The molecule has 18 rings (SSSR count). The van der Waals surface area contributed by atoms with Gasteiger partial charge in [0.25, 0.3) is 0 Å². The summed E-state index contributed by atoms with van der Waals surface area (Å²) >= 11 is 6.64. The Balaban J connectivity index is 0.000000134. The number of epoxide rings is 1. The molecule has 34 heteroatoms. The van der Waals surface area contributed by atoms with Gasteiger partial charge in [-0.05, 0) is 233 Å². The van der Waals surface area contributed by atoms with Crippen molar-refractivity contribution in [2.45, 2.75) is 62.8 Å². The van der Waals surface area contributed by atoms with Gasteiger partial charge in [0, 0.05) is 91.8 Å². The van der Waals surface area contributed by atoms with Crippen molar-refractivity contribution in [2.75, 3.05) is 33.5 Å². The zero-order valence-electron chi connectivity index (χ0n) is 65.9. The number of aliphatic hydroxyl groups is 3. The summed E-state index contributed by atoms with van der Waals surface area (Å²) in [6.45, 7) is 4.37. The molecule has 636 valence electrons. The Morgan fingerprint density at radius 2 is 0.871 bits per heavy atom. The second-order valence-corrected chi connectivity index (χ2v) is 29.6. The molecule has 1 saturated heterocycles. The average molecular weight is 1830 g/mol. The molecule has 3 unspecified atom stereocenters. The minimum Gasteiger partial charge on any atom is -0.493 e. The van der Waals surface area contributed by atoms with E-state index in [-0.39, 0.29) is 76.0 Å². The number of halogens is 12. The summed E-state index contributed by atoms with van der Waals surface area (Å²) in [6.07, 6.45) is 0.195. The predicted molar refractivity (Wildman–Crippen MR) is 450 cm³/mol. The molecule has 0 amide bonds. The number of fused-ring (bicyclic) bond motifs is 6. The topological polar surface area (TPSA) is 273 Å². The second-order valence-electron chi connectivity index (χ2n) is 28.1. The molecule has 17 aromatic rings. The van der Waals surface area contributed by atoms with Gasteiger partial charge in [0.2, 0.25) is 11.2 Å². The molecule has 0 saturated carbocycles. The van der Waals surface area contributed by atoms with Gasteiger partial charge < -0.3 is 52.9 Å². The minimum absolute atomic E-state index is 0.0134. The summed E-state index contributed by atoms with van der Waals surface area (Å²) in [4.78, 5) is 61.1. The molecule has 3 atom stereocenters. The molecule has 12 aromatic heterocycles. The molecule has 5 N–H and O–H groups in total. The SMILES string of the molecule is Brc1ncn2ccccc12.CC(=O)c1nc(-c2ccc(F)cc2)c2ccccn12.CC(=O)c1nc(Br)c2ccccn12.CC1(c2nc(-c3ccc(F)cc3)c3ccccn23)CO1.COc1cc(C(=O)CCC(O)(c2nc(-c3ccc(F)cc3)c3ccccn23)C(F)(F)F)ccc1OCCO.NCC(O)(c1nc(-c2ccc(F)cc2)c2ccccn12)C(F)(F)F. The van der Waals surface area contributed by atoms with Crippen LogP contribution in [-0.4, -0.2) is 135 Å². The molecule has 5 aromatic carbocycles. The first-order valence-corrected chi connectivity index (χ1v) is 39.4. The Bertz CT molecular complexity index is 6700. The smallest absolute Gasteiger partial charge is 0.425 e. The third-order valence-corrected chi connectivity index (χ3v) is 21.0. The van der Waals surface area contributed by atoms with Gasteiger partial charge in [0.15, 0.2) is 52.1 Å². The van der Waals surface area contributed by atoms with Crippen LogP contribution >= 0.6 is 31.9 Å². The zero-order chi connectivity index (χ0) is 88.6. The number of aliphatic hydroxyl groups excluding tert-OH is 1. The Hall–Kier alpha value is -13.1. The van der Waals surface area contributed by atoms with Crippen molar-refractivity contribution in [3.63, 3.8) is 0 Å². The lowest BCUT2D eigenvalue weighted by Gasteiger charge is -2.29. The van der Waals surface area contributed by atoms with E-state index in [1.165, 1.54) is 130 Å². The molecule has 22 nitrogen and oxygen atoms in total. The fourth-order valence-corrected chi connectivity index (χ4v) is 14.2. The number of nitrogens with zero attached hydrogens (tertiary/aromatic N) is 12. The number of carbonyl (C=O) groups excluding carboxylic acids is 3. The predicted octanol–water partition coefficient (Wildman–Crippen LogP) is 18.9. The van der Waals surface area contributed by atoms with E-state index in [9.17, 15) is 68.5 Å². The first-order chi connectivity index (χ1) is 59.3. The molecular formula is C90H73Br2F10N13O9. The van der Waals surface area contributed by atoms with Gasteiger partial charge in [-0.2, -0.15) is 26.3 Å². The fraction of sp³-hybridized carbons (Fsp3) is 0.167. The average Bonchev–Trinajstić information content (AvgIpc) is 1.59. The number of aromatic nitrogens is 12. The monoisotopic (exact) mass is 1830 g/mol. The molecule has 124 heavy (non-hydrogen) atoms. The molecule has 0 radical (unpaired) electrons. The Kier molecular flexibility index (Phi) is 26.7. The van der Waals surface area contributed by atoms with Crippen molar-refractivity contribution in [3.05, 3.63) is 335 Å². The third-order valence-electron chi connectivity index (χ3n) is 19.8. The van der Waals surface area contributed by atoms with E-state index < -0.39 is 72.0 Å². The van der Waals surface area contributed by atoms with Crippen LogP contribution < -0.4 is 15.2 Å². The normalized spacial score (nSPS) is 14.0. The molecule has 1 fully saturated rings. The summed E-state index contributed by atoms with van der Waals surface area (Å²) in [5.41, 5.74) is 7.00. The van der Waals surface area contributed by atoms with Gasteiger partial charge in [-0.25, -0.2) is 47.5 Å². The summed E-state index contributed by atoms with van der Waals surface area (Å²) < 4.78 is 163. The van der Waals surface area contributed by atoms with Gasteiger partial charge in [-0.1, -0.05) is 36.4 Å². The Morgan fingerprint density at radius 1 is 0.484 bits per heavy atom. The van der Waals surface area contributed by atoms with Crippen molar-refractivity contribution < 1.29 is 87.8 Å². The molecule has 1 aliphatic heterocycles. The number of imidazole rings is 6. The maximum atomic E-state index is 14.4. The van der Waals surface area contributed by atoms with E-state index in [1.807, 2.05) is 107 Å². The standard InChI is InChI=1S/C27H24F4N2O5.C16H13F4N3O.C16H13FN2O.C15H11FN2O.C9H7BrN2O.C7H5BrN2/c1-37-23-16-18(7-10-22(23)38-15-14-34)21(35)11-12-26(36,27(29,30)31)25-32-24(17-5-8-19(28)9-6-17)20-4-2-3-13-33(20)25;17-11-6-4-10(5-7-11)13-12-3-1-2-8-23(12)14(22-13)15(24,9-21)16(18,19)20;1-16(10-20-16)15-18-14(11-5-7-12(17)8-6-11)13-4-2-3-9-19(13)15;1-10(19)15-17-14(11-5-7-12(16)8-6-11)13-4-2-3-9-18(13)15;1-6(13)9-11-8(10)7-4-2-3-5-12(7)9;8-7-6-3-1-2-4-10(6)5-9-7/h2-10,13,16,34,36H,11-12,14-15H2,1H3;1-8,24H,9,21H2;2-9H,10H2,1H3;2-9H,1H3;2-5H,1H3;1-5H. The van der Waals surface area contributed by atoms with Crippen LogP contribution in [0.15, 0.2) is 277 Å². The maximum absolute atomic E-state index is 14.4. The van der Waals surface area contributed by atoms with Gasteiger partial charge in [0.1, 0.15) is 56.8 Å². The maximum Gasteiger partial charge on any atom is 0.425 e. The van der Waals surface area contributed by atoms with Crippen molar-refractivity contribution in [1.82, 2.24) is 56.3 Å². The number of carbonyl (C=O) groups is 3. The summed E-state index contributed by atoms with van der Waals surface area (Å²) in [5.74, 6) is -1.52. The van der Waals surface area contributed by atoms with Crippen LogP contribution in [0.2, 0.25) is 0 Å². The molecule has 0 bridgehead atoms.